The lowest BCUT2D eigenvalue weighted by Gasteiger charge is -2.23. The second kappa shape index (κ2) is 5.87. The van der Waals surface area contributed by atoms with Crippen molar-refractivity contribution in [3.05, 3.63) is 46.7 Å². The first-order valence-electron chi connectivity index (χ1n) is 7.31. The van der Waals surface area contributed by atoms with Crippen LogP contribution in [0.3, 0.4) is 0 Å². The van der Waals surface area contributed by atoms with E-state index >= 15 is 0 Å². The highest BCUT2D eigenvalue weighted by Gasteiger charge is 2.34. The van der Waals surface area contributed by atoms with E-state index in [2.05, 4.69) is 20.8 Å². The molecule has 0 amide bonds. The Kier molecular flexibility index (Phi) is 4.31. The number of ketones is 2. The van der Waals surface area contributed by atoms with Gasteiger partial charge < -0.3 is 4.74 Å². The number of benzene rings is 1. The van der Waals surface area contributed by atoms with Gasteiger partial charge in [0.2, 0.25) is 5.78 Å². The van der Waals surface area contributed by atoms with Gasteiger partial charge in [-0.3, -0.25) is 14.4 Å². The molecule has 116 valence electrons. The number of ether oxygens (including phenoxy) is 1. The van der Waals surface area contributed by atoms with Crippen molar-refractivity contribution in [1.82, 2.24) is 0 Å². The van der Waals surface area contributed by atoms with Crippen LogP contribution >= 0.6 is 0 Å². The molecule has 4 heteroatoms. The lowest BCUT2D eigenvalue weighted by Crippen LogP contribution is -2.25. The van der Waals surface area contributed by atoms with Crippen LogP contribution in [-0.4, -0.2) is 17.5 Å². The number of allylic oxidation sites excluding steroid dienone is 2. The maximum Gasteiger partial charge on any atom is 0.308 e. The standard InChI is InChI=1S/C18H20O4/c1-11(19)22-17-14(9-10-18(2,3)4)15(20)12-7-5-6-8-13(12)16(17)21/h5-8H,9-10H2,1-4H3. The summed E-state index contributed by atoms with van der Waals surface area (Å²) >= 11 is 0. The fraction of sp³-hybridized carbons (Fsp3) is 0.389. The second-order valence-corrected chi connectivity index (χ2v) is 6.67. The van der Waals surface area contributed by atoms with Crippen LogP contribution in [-0.2, 0) is 9.53 Å². The van der Waals surface area contributed by atoms with Crippen molar-refractivity contribution in [2.75, 3.05) is 0 Å². The number of hydrogen-bond donors (Lipinski definition) is 0. The van der Waals surface area contributed by atoms with Crippen molar-refractivity contribution in [2.45, 2.75) is 40.5 Å². The topological polar surface area (TPSA) is 60.4 Å². The van der Waals surface area contributed by atoms with E-state index in [1.54, 1.807) is 24.3 Å². The molecule has 22 heavy (non-hydrogen) atoms. The molecule has 0 saturated heterocycles. The van der Waals surface area contributed by atoms with Gasteiger partial charge in [0.1, 0.15) is 0 Å². The molecule has 1 aromatic rings. The SMILES string of the molecule is CC(=O)OC1=C(CCC(C)(C)C)C(=O)c2ccccc2C1=O. The van der Waals surface area contributed by atoms with Crippen LogP contribution in [0, 0.1) is 5.41 Å². The Hall–Kier alpha value is -2.23. The number of rotatable bonds is 3. The molecule has 1 aliphatic carbocycles. The minimum Gasteiger partial charge on any atom is -0.422 e. The van der Waals surface area contributed by atoms with Gasteiger partial charge in [0.25, 0.3) is 0 Å². The average Bonchev–Trinajstić information content (AvgIpc) is 2.42. The first kappa shape index (κ1) is 16.1. The molecule has 1 aromatic carbocycles. The highest BCUT2D eigenvalue weighted by molar-refractivity contribution is 6.26. The Balaban J connectivity index is 2.48. The molecule has 4 nitrogen and oxygen atoms in total. The first-order valence-corrected chi connectivity index (χ1v) is 7.31. The predicted octanol–water partition coefficient (Wildman–Crippen LogP) is 3.71. The molecule has 0 aliphatic heterocycles. The Morgan fingerprint density at radius 2 is 1.59 bits per heavy atom. The van der Waals surface area contributed by atoms with Gasteiger partial charge >= 0.3 is 5.97 Å². The molecule has 0 bridgehead atoms. The zero-order valence-corrected chi connectivity index (χ0v) is 13.4. The van der Waals surface area contributed by atoms with Crippen LogP contribution < -0.4 is 0 Å². The fourth-order valence-corrected chi connectivity index (χ4v) is 2.38. The van der Waals surface area contributed by atoms with E-state index in [1.807, 2.05) is 0 Å². The van der Waals surface area contributed by atoms with Crippen molar-refractivity contribution in [1.29, 1.82) is 0 Å². The van der Waals surface area contributed by atoms with Crippen molar-refractivity contribution in [2.24, 2.45) is 5.41 Å². The van der Waals surface area contributed by atoms with Gasteiger partial charge in [0, 0.05) is 23.6 Å². The molecule has 0 aromatic heterocycles. The smallest absolute Gasteiger partial charge is 0.308 e. The molecular weight excluding hydrogens is 280 g/mol. The zero-order chi connectivity index (χ0) is 16.5. The number of hydrogen-bond acceptors (Lipinski definition) is 4. The van der Waals surface area contributed by atoms with E-state index in [0.29, 0.717) is 29.5 Å². The third-order valence-electron chi connectivity index (χ3n) is 3.54. The maximum absolute atomic E-state index is 12.7. The first-order chi connectivity index (χ1) is 10.2. The van der Waals surface area contributed by atoms with Crippen LogP contribution in [0.1, 0.15) is 61.3 Å². The van der Waals surface area contributed by atoms with Gasteiger partial charge in [-0.25, -0.2) is 0 Å². The molecule has 0 spiro atoms. The van der Waals surface area contributed by atoms with Crippen LogP contribution in [0.25, 0.3) is 0 Å². The molecule has 1 aliphatic rings. The number of carbonyl (C=O) groups excluding carboxylic acids is 3. The summed E-state index contributed by atoms with van der Waals surface area (Å²) in [6.45, 7) is 7.40. The normalized spacial score (nSPS) is 14.9. The average molecular weight is 300 g/mol. The molecular formula is C18H20O4. The van der Waals surface area contributed by atoms with Gasteiger partial charge in [-0.1, -0.05) is 45.0 Å². The molecule has 0 atom stereocenters. The number of fused-ring (bicyclic) bond motifs is 1. The maximum atomic E-state index is 12.7. The number of esters is 1. The zero-order valence-electron chi connectivity index (χ0n) is 13.4. The van der Waals surface area contributed by atoms with Crippen molar-refractivity contribution in [3.8, 4) is 0 Å². The van der Waals surface area contributed by atoms with E-state index in [1.165, 1.54) is 6.92 Å². The Morgan fingerprint density at radius 1 is 1.05 bits per heavy atom. The van der Waals surface area contributed by atoms with E-state index < -0.39 is 11.8 Å². The largest absolute Gasteiger partial charge is 0.422 e. The molecule has 0 heterocycles. The van der Waals surface area contributed by atoms with E-state index in [4.69, 9.17) is 4.74 Å². The quantitative estimate of drug-likeness (QED) is 0.798. The minimum atomic E-state index is -0.594. The van der Waals surface area contributed by atoms with Gasteiger partial charge in [-0.05, 0) is 18.3 Å². The molecule has 0 fully saturated rings. The minimum absolute atomic E-state index is 0.00856. The van der Waals surface area contributed by atoms with Crippen molar-refractivity contribution >= 4 is 17.5 Å². The molecule has 0 N–H and O–H groups in total. The van der Waals surface area contributed by atoms with Gasteiger partial charge in [0.15, 0.2) is 11.5 Å². The summed E-state index contributed by atoms with van der Waals surface area (Å²) < 4.78 is 5.08. The predicted molar refractivity (Wildman–Crippen MR) is 82.6 cm³/mol. The van der Waals surface area contributed by atoms with Crippen molar-refractivity contribution in [3.63, 3.8) is 0 Å². The van der Waals surface area contributed by atoms with Gasteiger partial charge in [-0.2, -0.15) is 0 Å². The van der Waals surface area contributed by atoms with Crippen LogP contribution in [0.4, 0.5) is 0 Å². The van der Waals surface area contributed by atoms with Gasteiger partial charge in [0.05, 0.1) is 0 Å². The number of carbonyl (C=O) groups is 3. The highest BCUT2D eigenvalue weighted by atomic mass is 16.5. The molecule has 0 saturated carbocycles. The van der Waals surface area contributed by atoms with Crippen molar-refractivity contribution < 1.29 is 19.1 Å². The Labute approximate surface area is 130 Å². The van der Waals surface area contributed by atoms with E-state index in [0.717, 1.165) is 0 Å². The van der Waals surface area contributed by atoms with Gasteiger partial charge in [-0.15, -0.1) is 0 Å². The summed E-state index contributed by atoms with van der Waals surface area (Å²) in [5, 5.41) is 0. The molecule has 2 rings (SSSR count). The summed E-state index contributed by atoms with van der Waals surface area (Å²) in [6, 6.07) is 6.63. The summed E-state index contributed by atoms with van der Waals surface area (Å²) in [5.41, 5.74) is 0.985. The summed E-state index contributed by atoms with van der Waals surface area (Å²) in [6.07, 6.45) is 1.12. The summed E-state index contributed by atoms with van der Waals surface area (Å²) in [5.74, 6) is -1.32. The molecule has 0 unspecified atom stereocenters. The highest BCUT2D eigenvalue weighted by Crippen LogP contribution is 2.32. The van der Waals surface area contributed by atoms with E-state index in [-0.39, 0.29) is 17.0 Å². The lowest BCUT2D eigenvalue weighted by atomic mass is 9.82. The summed E-state index contributed by atoms with van der Waals surface area (Å²) in [7, 11) is 0. The third kappa shape index (κ3) is 3.32. The second-order valence-electron chi connectivity index (χ2n) is 6.67. The summed E-state index contributed by atoms with van der Waals surface area (Å²) in [4.78, 5) is 36.5. The Bertz CT molecular complexity index is 675. The van der Waals surface area contributed by atoms with Crippen LogP contribution in [0.15, 0.2) is 35.6 Å². The molecule has 0 radical (unpaired) electrons. The van der Waals surface area contributed by atoms with Crippen LogP contribution in [0.5, 0.6) is 0 Å². The fourth-order valence-electron chi connectivity index (χ4n) is 2.38. The number of Topliss-reactive ketones (excluding diaryl/α,β-unsaturated/α-hetero) is 2. The Morgan fingerprint density at radius 3 is 2.09 bits per heavy atom. The lowest BCUT2D eigenvalue weighted by molar-refractivity contribution is -0.136. The monoisotopic (exact) mass is 300 g/mol. The van der Waals surface area contributed by atoms with Crippen LogP contribution in [0.2, 0.25) is 0 Å². The third-order valence-corrected chi connectivity index (χ3v) is 3.54. The van der Waals surface area contributed by atoms with E-state index in [9.17, 15) is 14.4 Å².